The molecule has 0 aromatic heterocycles. The van der Waals surface area contributed by atoms with Gasteiger partial charge in [0.25, 0.3) is 0 Å². The van der Waals surface area contributed by atoms with Gasteiger partial charge in [0.1, 0.15) is 0 Å². The first kappa shape index (κ1) is 22.5. The topological polar surface area (TPSA) is 62.9 Å². The maximum Gasteiger partial charge on any atom is 0.416 e. The summed E-state index contributed by atoms with van der Waals surface area (Å²) in [4.78, 5) is 6.66. The molecule has 5 nitrogen and oxygen atoms in total. The van der Waals surface area contributed by atoms with Crippen molar-refractivity contribution in [3.05, 3.63) is 35.4 Å². The maximum atomic E-state index is 12.8. The van der Waals surface area contributed by atoms with Crippen LogP contribution in [0.1, 0.15) is 43.4 Å². The van der Waals surface area contributed by atoms with Gasteiger partial charge in [-0.2, -0.15) is 13.2 Å². The van der Waals surface area contributed by atoms with Crippen LogP contribution in [0.15, 0.2) is 29.3 Å². The van der Waals surface area contributed by atoms with Gasteiger partial charge >= 0.3 is 6.18 Å². The van der Waals surface area contributed by atoms with Crippen molar-refractivity contribution in [2.24, 2.45) is 16.6 Å². The largest absolute Gasteiger partial charge is 0.416 e. The number of aliphatic imine (C=N–C) groups is 1. The summed E-state index contributed by atoms with van der Waals surface area (Å²) in [6.07, 6.45) is -1.46. The first-order chi connectivity index (χ1) is 13.3. The number of benzene rings is 1. The Hall–Kier alpha value is -1.80. The van der Waals surface area contributed by atoms with Crippen LogP contribution in [0.4, 0.5) is 13.2 Å². The Kier molecular flexibility index (Phi) is 8.57. The third-order valence-electron chi connectivity index (χ3n) is 5.06. The second-order valence-electron chi connectivity index (χ2n) is 7.15. The number of alkyl halides is 3. The molecule has 1 aliphatic heterocycles. The molecular formula is C20H31F3N4O. The summed E-state index contributed by atoms with van der Waals surface area (Å²) in [5, 5.41) is 3.08. The molecule has 1 aromatic rings. The lowest BCUT2D eigenvalue weighted by molar-refractivity contribution is -0.137. The molecule has 1 saturated heterocycles. The highest BCUT2D eigenvalue weighted by molar-refractivity contribution is 5.77. The SMILES string of the molecule is CCOCCCNC(N)=NCC1CCCN(C)C1c1ccc(C(F)(F)F)cc1. The number of guanidine groups is 1. The van der Waals surface area contributed by atoms with E-state index in [4.69, 9.17) is 10.5 Å². The summed E-state index contributed by atoms with van der Waals surface area (Å²) in [5.41, 5.74) is 6.22. The van der Waals surface area contributed by atoms with Gasteiger partial charge in [-0.05, 0) is 63.4 Å². The monoisotopic (exact) mass is 400 g/mol. The van der Waals surface area contributed by atoms with E-state index >= 15 is 0 Å². The first-order valence-corrected chi connectivity index (χ1v) is 9.81. The number of hydrogen-bond donors (Lipinski definition) is 2. The molecule has 2 atom stereocenters. The van der Waals surface area contributed by atoms with Crippen molar-refractivity contribution in [3.63, 3.8) is 0 Å². The molecule has 158 valence electrons. The van der Waals surface area contributed by atoms with Gasteiger partial charge in [-0.15, -0.1) is 0 Å². The fraction of sp³-hybridized carbons (Fsp3) is 0.650. The number of nitrogens with one attached hydrogen (secondary N) is 1. The number of ether oxygens (including phenoxy) is 1. The Bertz CT molecular complexity index is 619. The highest BCUT2D eigenvalue weighted by Gasteiger charge is 2.33. The second kappa shape index (κ2) is 10.7. The normalized spacial score (nSPS) is 21.7. The van der Waals surface area contributed by atoms with Crippen molar-refractivity contribution in [1.82, 2.24) is 10.2 Å². The molecule has 2 rings (SSSR count). The first-order valence-electron chi connectivity index (χ1n) is 9.81. The van der Waals surface area contributed by atoms with Crippen LogP contribution in [0.2, 0.25) is 0 Å². The van der Waals surface area contributed by atoms with E-state index < -0.39 is 11.7 Å². The van der Waals surface area contributed by atoms with Crippen LogP contribution in [0.25, 0.3) is 0 Å². The van der Waals surface area contributed by atoms with Crippen molar-refractivity contribution in [2.45, 2.75) is 38.4 Å². The van der Waals surface area contributed by atoms with Crippen LogP contribution in [0.5, 0.6) is 0 Å². The molecule has 0 amide bonds. The summed E-state index contributed by atoms with van der Waals surface area (Å²) >= 11 is 0. The number of hydrogen-bond acceptors (Lipinski definition) is 3. The van der Waals surface area contributed by atoms with Crippen LogP contribution < -0.4 is 11.1 Å². The number of likely N-dealkylation sites (tertiary alicyclic amines) is 1. The fourth-order valence-corrected chi connectivity index (χ4v) is 3.65. The second-order valence-corrected chi connectivity index (χ2v) is 7.15. The molecule has 0 aliphatic carbocycles. The van der Waals surface area contributed by atoms with E-state index in [9.17, 15) is 13.2 Å². The predicted octanol–water partition coefficient (Wildman–Crippen LogP) is 3.42. The van der Waals surface area contributed by atoms with Gasteiger partial charge in [-0.25, -0.2) is 0 Å². The molecule has 1 heterocycles. The smallest absolute Gasteiger partial charge is 0.382 e. The van der Waals surface area contributed by atoms with E-state index in [0.29, 0.717) is 32.3 Å². The van der Waals surface area contributed by atoms with E-state index in [-0.39, 0.29) is 12.0 Å². The minimum Gasteiger partial charge on any atom is -0.382 e. The zero-order chi connectivity index (χ0) is 20.6. The lowest BCUT2D eigenvalue weighted by Gasteiger charge is -2.39. The van der Waals surface area contributed by atoms with E-state index in [2.05, 4.69) is 15.2 Å². The van der Waals surface area contributed by atoms with Gasteiger partial charge in [0.05, 0.1) is 5.56 Å². The highest BCUT2D eigenvalue weighted by Crippen LogP contribution is 2.37. The highest BCUT2D eigenvalue weighted by atomic mass is 19.4. The van der Waals surface area contributed by atoms with Crippen molar-refractivity contribution < 1.29 is 17.9 Å². The van der Waals surface area contributed by atoms with E-state index in [1.807, 2.05) is 14.0 Å². The summed E-state index contributed by atoms with van der Waals surface area (Å²) < 4.78 is 43.8. The number of nitrogens with zero attached hydrogens (tertiary/aromatic N) is 2. The molecule has 2 unspecified atom stereocenters. The Morgan fingerprint density at radius 2 is 2.04 bits per heavy atom. The van der Waals surface area contributed by atoms with Crippen LogP contribution in [-0.4, -0.2) is 50.8 Å². The zero-order valence-electron chi connectivity index (χ0n) is 16.6. The van der Waals surface area contributed by atoms with Crippen molar-refractivity contribution in [1.29, 1.82) is 0 Å². The molecule has 1 aromatic carbocycles. The molecule has 28 heavy (non-hydrogen) atoms. The average molecular weight is 400 g/mol. The molecule has 8 heteroatoms. The molecular weight excluding hydrogens is 369 g/mol. The minimum atomic E-state index is -4.32. The third kappa shape index (κ3) is 6.67. The molecule has 0 saturated carbocycles. The number of rotatable bonds is 8. The van der Waals surface area contributed by atoms with Crippen LogP contribution in [0.3, 0.4) is 0 Å². The molecule has 0 spiro atoms. The molecule has 1 aliphatic rings. The lowest BCUT2D eigenvalue weighted by atomic mass is 9.84. The van der Waals surface area contributed by atoms with E-state index in [0.717, 1.165) is 43.5 Å². The van der Waals surface area contributed by atoms with Gasteiger partial charge in [-0.3, -0.25) is 9.89 Å². The quantitative estimate of drug-likeness (QED) is 0.399. The summed E-state index contributed by atoms with van der Waals surface area (Å²) in [5.74, 6) is 0.607. The number of halogens is 3. The zero-order valence-corrected chi connectivity index (χ0v) is 16.6. The minimum absolute atomic E-state index is 0.0329. The summed E-state index contributed by atoms with van der Waals surface area (Å²) in [6.45, 7) is 5.49. The molecule has 0 bridgehead atoms. The van der Waals surface area contributed by atoms with Gasteiger partial charge in [-0.1, -0.05) is 12.1 Å². The van der Waals surface area contributed by atoms with Crippen molar-refractivity contribution in [2.75, 3.05) is 39.9 Å². The Morgan fingerprint density at radius 3 is 2.68 bits per heavy atom. The molecule has 1 fully saturated rings. The fourth-order valence-electron chi connectivity index (χ4n) is 3.65. The van der Waals surface area contributed by atoms with Crippen molar-refractivity contribution >= 4 is 5.96 Å². The van der Waals surface area contributed by atoms with Crippen molar-refractivity contribution in [3.8, 4) is 0 Å². The van der Waals surface area contributed by atoms with Crippen LogP contribution >= 0.6 is 0 Å². The van der Waals surface area contributed by atoms with Crippen LogP contribution in [0, 0.1) is 5.92 Å². The van der Waals surface area contributed by atoms with Gasteiger partial charge in [0.2, 0.25) is 0 Å². The Morgan fingerprint density at radius 1 is 1.32 bits per heavy atom. The molecule has 3 N–H and O–H groups in total. The summed E-state index contributed by atoms with van der Waals surface area (Å²) in [7, 11) is 2.01. The number of nitrogens with two attached hydrogens (primary N) is 1. The summed E-state index contributed by atoms with van der Waals surface area (Å²) in [6, 6.07) is 5.52. The Balaban J connectivity index is 1.99. The predicted molar refractivity (Wildman–Crippen MR) is 105 cm³/mol. The van der Waals surface area contributed by atoms with Gasteiger partial charge < -0.3 is 15.8 Å². The Labute approximate surface area is 165 Å². The van der Waals surface area contributed by atoms with E-state index in [1.165, 1.54) is 0 Å². The maximum absolute atomic E-state index is 12.8. The van der Waals surface area contributed by atoms with Crippen LogP contribution in [-0.2, 0) is 10.9 Å². The van der Waals surface area contributed by atoms with Gasteiger partial charge in [0, 0.05) is 32.3 Å². The third-order valence-corrected chi connectivity index (χ3v) is 5.06. The lowest BCUT2D eigenvalue weighted by Crippen LogP contribution is -2.38. The molecule has 0 radical (unpaired) electrons. The van der Waals surface area contributed by atoms with E-state index in [1.54, 1.807) is 12.1 Å². The van der Waals surface area contributed by atoms with Gasteiger partial charge in [0.15, 0.2) is 5.96 Å². The average Bonchev–Trinajstić information content (AvgIpc) is 2.65. The number of piperidine rings is 1. The standard InChI is InChI=1S/C20H31F3N4O/c1-3-28-13-5-11-25-19(24)26-14-16-6-4-12-27(2)18(16)15-7-9-17(10-8-15)20(21,22)23/h7-10,16,18H,3-6,11-14H2,1-2H3,(H3,24,25,26).